The van der Waals surface area contributed by atoms with Crippen molar-refractivity contribution < 1.29 is 8.42 Å². The molecule has 0 bridgehead atoms. The van der Waals surface area contributed by atoms with Crippen molar-refractivity contribution in [1.29, 1.82) is 0 Å². The highest BCUT2D eigenvalue weighted by molar-refractivity contribution is 7.92. The summed E-state index contributed by atoms with van der Waals surface area (Å²) in [5.74, 6) is 0.747. The average molecular weight is 368 g/mol. The first kappa shape index (κ1) is 17.5. The number of pyridine rings is 1. The Balaban J connectivity index is 2.03. The standard InChI is InChI=1S/C17H22ClN3O2S/c1-12-5-8-21(9-6-12)11-13-10-15(18)14-4-3-7-19-17(14)16(13)20-24(2,22)23/h3-4,7,10,12,20H,5-6,8-9,11H2,1-2H3. The van der Waals surface area contributed by atoms with Gasteiger partial charge in [0.25, 0.3) is 0 Å². The minimum atomic E-state index is -3.41. The Morgan fingerprint density at radius 1 is 1.38 bits per heavy atom. The number of fused-ring (bicyclic) bond motifs is 1. The van der Waals surface area contributed by atoms with Crippen LogP contribution in [0, 0.1) is 5.92 Å². The van der Waals surface area contributed by atoms with Crippen molar-refractivity contribution in [1.82, 2.24) is 9.88 Å². The van der Waals surface area contributed by atoms with Crippen LogP contribution in [0.3, 0.4) is 0 Å². The molecule has 0 unspecified atom stereocenters. The Morgan fingerprint density at radius 3 is 2.75 bits per heavy atom. The second kappa shape index (κ2) is 6.86. The first-order valence-corrected chi connectivity index (χ1v) is 10.4. The Morgan fingerprint density at radius 2 is 2.08 bits per heavy atom. The van der Waals surface area contributed by atoms with Gasteiger partial charge in [-0.1, -0.05) is 18.5 Å². The van der Waals surface area contributed by atoms with Gasteiger partial charge in [0, 0.05) is 18.1 Å². The van der Waals surface area contributed by atoms with Crippen molar-refractivity contribution in [3.05, 3.63) is 35.0 Å². The predicted molar refractivity (Wildman–Crippen MR) is 98.9 cm³/mol. The molecular formula is C17H22ClN3O2S. The Bertz CT molecular complexity index is 846. The number of sulfonamides is 1. The lowest BCUT2D eigenvalue weighted by atomic mass is 9.98. The van der Waals surface area contributed by atoms with E-state index in [1.54, 1.807) is 12.3 Å². The Hall–Kier alpha value is -1.37. The zero-order valence-corrected chi connectivity index (χ0v) is 15.5. The number of nitrogens with one attached hydrogen (secondary N) is 1. The van der Waals surface area contributed by atoms with Crippen LogP contribution in [0.5, 0.6) is 0 Å². The summed E-state index contributed by atoms with van der Waals surface area (Å²) in [6, 6.07) is 5.51. The summed E-state index contributed by atoms with van der Waals surface area (Å²) < 4.78 is 26.3. The number of hydrogen-bond acceptors (Lipinski definition) is 4. The van der Waals surface area contributed by atoms with Crippen LogP contribution in [0.15, 0.2) is 24.4 Å². The van der Waals surface area contributed by atoms with Crippen molar-refractivity contribution in [3.63, 3.8) is 0 Å². The number of rotatable bonds is 4. The van der Waals surface area contributed by atoms with Gasteiger partial charge in [0.1, 0.15) is 0 Å². The molecule has 7 heteroatoms. The number of hydrogen-bond donors (Lipinski definition) is 1. The van der Waals surface area contributed by atoms with Crippen molar-refractivity contribution in [2.75, 3.05) is 24.1 Å². The van der Waals surface area contributed by atoms with Gasteiger partial charge in [0.15, 0.2) is 0 Å². The minimum absolute atomic E-state index is 0.538. The first-order valence-electron chi connectivity index (χ1n) is 8.10. The number of halogens is 1. The van der Waals surface area contributed by atoms with Gasteiger partial charge in [0.2, 0.25) is 10.0 Å². The monoisotopic (exact) mass is 367 g/mol. The lowest BCUT2D eigenvalue weighted by Crippen LogP contribution is -2.32. The van der Waals surface area contributed by atoms with Gasteiger partial charge >= 0.3 is 0 Å². The van der Waals surface area contributed by atoms with Gasteiger partial charge in [-0.15, -0.1) is 0 Å². The molecule has 3 rings (SSSR count). The number of piperidine rings is 1. The maximum Gasteiger partial charge on any atom is 0.229 e. The molecule has 1 aromatic heterocycles. The first-order chi connectivity index (χ1) is 11.3. The quantitative estimate of drug-likeness (QED) is 0.898. The highest BCUT2D eigenvalue weighted by atomic mass is 35.5. The van der Waals surface area contributed by atoms with Crippen LogP contribution >= 0.6 is 11.6 Å². The summed E-state index contributed by atoms with van der Waals surface area (Å²) in [5, 5.41) is 1.35. The molecule has 130 valence electrons. The molecule has 1 N–H and O–H groups in total. The minimum Gasteiger partial charge on any atom is -0.299 e. The molecule has 0 aliphatic carbocycles. The van der Waals surface area contributed by atoms with E-state index in [1.807, 2.05) is 12.1 Å². The van der Waals surface area contributed by atoms with Gasteiger partial charge in [0.05, 0.1) is 22.5 Å². The van der Waals surface area contributed by atoms with Crippen LogP contribution in [0.25, 0.3) is 10.9 Å². The summed E-state index contributed by atoms with van der Waals surface area (Å²) in [6.45, 7) is 4.95. The van der Waals surface area contributed by atoms with E-state index in [4.69, 9.17) is 11.6 Å². The fraction of sp³-hybridized carbons (Fsp3) is 0.471. The van der Waals surface area contributed by atoms with E-state index in [-0.39, 0.29) is 0 Å². The molecule has 0 radical (unpaired) electrons. The average Bonchev–Trinajstić information content (AvgIpc) is 2.52. The van der Waals surface area contributed by atoms with Gasteiger partial charge in [-0.2, -0.15) is 0 Å². The molecule has 24 heavy (non-hydrogen) atoms. The second-order valence-electron chi connectivity index (χ2n) is 6.62. The lowest BCUT2D eigenvalue weighted by Gasteiger charge is -2.31. The van der Waals surface area contributed by atoms with Crippen molar-refractivity contribution in [2.45, 2.75) is 26.3 Å². The Kier molecular flexibility index (Phi) is 4.99. The maximum atomic E-state index is 11.8. The molecule has 0 atom stereocenters. The Labute approximate surface area is 148 Å². The van der Waals surface area contributed by atoms with Crippen LogP contribution < -0.4 is 4.72 Å². The van der Waals surface area contributed by atoms with Crippen molar-refractivity contribution in [2.24, 2.45) is 5.92 Å². The molecule has 1 aliphatic rings. The topological polar surface area (TPSA) is 62.3 Å². The zero-order chi connectivity index (χ0) is 17.3. The summed E-state index contributed by atoms with van der Waals surface area (Å²) in [7, 11) is -3.41. The number of aromatic nitrogens is 1. The molecule has 5 nitrogen and oxygen atoms in total. The summed E-state index contributed by atoms with van der Waals surface area (Å²) in [4.78, 5) is 6.70. The van der Waals surface area contributed by atoms with E-state index in [0.717, 1.165) is 49.1 Å². The normalized spacial score (nSPS) is 17.3. The molecule has 0 spiro atoms. The van der Waals surface area contributed by atoms with Crippen LogP contribution in [-0.2, 0) is 16.6 Å². The zero-order valence-electron chi connectivity index (χ0n) is 13.9. The summed E-state index contributed by atoms with van der Waals surface area (Å²) in [6.07, 6.45) is 5.13. The van der Waals surface area contributed by atoms with Crippen LogP contribution in [0.2, 0.25) is 5.02 Å². The molecule has 0 amide bonds. The van der Waals surface area contributed by atoms with Crippen molar-refractivity contribution >= 4 is 38.2 Å². The third-order valence-electron chi connectivity index (χ3n) is 4.48. The van der Waals surface area contributed by atoms with Crippen LogP contribution in [0.1, 0.15) is 25.3 Å². The largest absolute Gasteiger partial charge is 0.299 e. The van der Waals surface area contributed by atoms with Crippen LogP contribution in [0.4, 0.5) is 5.69 Å². The van der Waals surface area contributed by atoms with E-state index in [1.165, 1.54) is 0 Å². The second-order valence-corrected chi connectivity index (χ2v) is 8.78. The van der Waals surface area contributed by atoms with E-state index >= 15 is 0 Å². The molecule has 0 saturated carbocycles. The highest BCUT2D eigenvalue weighted by Crippen LogP contribution is 2.34. The van der Waals surface area contributed by atoms with E-state index in [0.29, 0.717) is 22.8 Å². The smallest absolute Gasteiger partial charge is 0.229 e. The lowest BCUT2D eigenvalue weighted by molar-refractivity contribution is 0.185. The maximum absolute atomic E-state index is 11.8. The van der Waals surface area contributed by atoms with Gasteiger partial charge in [-0.3, -0.25) is 14.6 Å². The fourth-order valence-electron chi connectivity index (χ4n) is 3.14. The number of anilines is 1. The number of benzene rings is 1. The molecule has 1 saturated heterocycles. The van der Waals surface area contributed by atoms with Crippen molar-refractivity contribution in [3.8, 4) is 0 Å². The molecule has 1 aliphatic heterocycles. The molecule has 1 fully saturated rings. The number of likely N-dealkylation sites (tertiary alicyclic amines) is 1. The summed E-state index contributed by atoms with van der Waals surface area (Å²) in [5.41, 5.74) is 2.00. The van der Waals surface area contributed by atoms with E-state index in [2.05, 4.69) is 21.5 Å². The molecule has 1 aromatic carbocycles. The molecule has 2 aromatic rings. The van der Waals surface area contributed by atoms with Gasteiger partial charge in [-0.05, 0) is 55.6 Å². The highest BCUT2D eigenvalue weighted by Gasteiger charge is 2.20. The van der Waals surface area contributed by atoms with E-state index in [9.17, 15) is 8.42 Å². The molecule has 2 heterocycles. The summed E-state index contributed by atoms with van der Waals surface area (Å²) >= 11 is 6.41. The van der Waals surface area contributed by atoms with Gasteiger partial charge in [-0.25, -0.2) is 8.42 Å². The molecular weight excluding hydrogens is 346 g/mol. The van der Waals surface area contributed by atoms with Crippen LogP contribution in [-0.4, -0.2) is 37.6 Å². The third kappa shape index (κ3) is 3.99. The SMILES string of the molecule is CC1CCN(Cc2cc(Cl)c3cccnc3c2NS(C)(=O)=O)CC1. The fourth-order valence-corrected chi connectivity index (χ4v) is 4.02. The third-order valence-corrected chi connectivity index (χ3v) is 5.37. The van der Waals surface area contributed by atoms with Gasteiger partial charge < -0.3 is 0 Å². The van der Waals surface area contributed by atoms with E-state index < -0.39 is 10.0 Å². The predicted octanol–water partition coefficient (Wildman–Crippen LogP) is 3.49. The number of nitrogens with zero attached hydrogens (tertiary/aromatic N) is 2.